The maximum Gasteiger partial charge on any atom is 0.339 e. The summed E-state index contributed by atoms with van der Waals surface area (Å²) in [5, 5.41) is 17.9. The van der Waals surface area contributed by atoms with E-state index >= 15 is 0 Å². The zero-order valence-electron chi connectivity index (χ0n) is 20.3. The molecule has 0 spiro atoms. The van der Waals surface area contributed by atoms with Crippen molar-refractivity contribution in [1.82, 2.24) is 9.91 Å². The Morgan fingerprint density at radius 3 is 2.39 bits per heavy atom. The van der Waals surface area contributed by atoms with Crippen LogP contribution in [0, 0.1) is 5.82 Å². The van der Waals surface area contributed by atoms with Gasteiger partial charge in [0.15, 0.2) is 0 Å². The number of halogens is 1. The Bertz CT molecular complexity index is 1380. The van der Waals surface area contributed by atoms with Crippen LogP contribution < -0.4 is 21.4 Å². The van der Waals surface area contributed by atoms with Gasteiger partial charge in [0.05, 0.1) is 17.8 Å². The van der Waals surface area contributed by atoms with E-state index in [0.717, 1.165) is 10.6 Å². The number of nitrogens with one attached hydrogen (secondary N) is 4. The minimum absolute atomic E-state index is 0.0541. The SMILES string of the molecule is CN1Cc2ccc(NC(=O)Cc3ccc(NC(=O)Nc4ccccc4F)cc3)cc2NN(CC(=O)O)C1=O. The quantitative estimate of drug-likeness (QED) is 0.319. The molecule has 3 aromatic carbocycles. The molecule has 0 radical (unpaired) electrons. The molecule has 196 valence electrons. The molecule has 0 aliphatic carbocycles. The molecule has 1 heterocycles. The molecular formula is C26H25FN6O5. The van der Waals surface area contributed by atoms with E-state index in [1.165, 1.54) is 23.1 Å². The molecule has 5 amide bonds. The predicted molar refractivity (Wildman–Crippen MR) is 139 cm³/mol. The largest absolute Gasteiger partial charge is 0.480 e. The average Bonchev–Trinajstić information content (AvgIpc) is 2.97. The summed E-state index contributed by atoms with van der Waals surface area (Å²) in [5.74, 6) is -2.01. The molecule has 11 nitrogen and oxygen atoms in total. The number of carbonyl (C=O) groups excluding carboxylic acids is 3. The Hall–Kier alpha value is -5.13. The van der Waals surface area contributed by atoms with E-state index in [9.17, 15) is 23.6 Å². The van der Waals surface area contributed by atoms with Crippen molar-refractivity contribution in [3.05, 3.63) is 83.7 Å². The molecule has 0 bridgehead atoms. The second-order valence-corrected chi connectivity index (χ2v) is 8.58. The summed E-state index contributed by atoms with van der Waals surface area (Å²) >= 11 is 0. The molecule has 0 saturated carbocycles. The van der Waals surface area contributed by atoms with Crippen LogP contribution in [0.5, 0.6) is 0 Å². The second-order valence-electron chi connectivity index (χ2n) is 8.58. The van der Waals surface area contributed by atoms with Crippen LogP contribution in [0.1, 0.15) is 11.1 Å². The van der Waals surface area contributed by atoms with Crippen molar-refractivity contribution in [2.24, 2.45) is 0 Å². The highest BCUT2D eigenvalue weighted by Crippen LogP contribution is 2.26. The van der Waals surface area contributed by atoms with Crippen molar-refractivity contribution in [3.63, 3.8) is 0 Å². The molecule has 1 aliphatic rings. The van der Waals surface area contributed by atoms with E-state index in [2.05, 4.69) is 21.4 Å². The number of hydrogen-bond donors (Lipinski definition) is 5. The maximum absolute atomic E-state index is 13.7. The second kappa shape index (κ2) is 11.3. The maximum atomic E-state index is 13.7. The van der Waals surface area contributed by atoms with Crippen molar-refractivity contribution in [1.29, 1.82) is 0 Å². The lowest BCUT2D eigenvalue weighted by Crippen LogP contribution is -2.44. The molecule has 12 heteroatoms. The van der Waals surface area contributed by atoms with Crippen LogP contribution in [0.3, 0.4) is 0 Å². The average molecular weight is 521 g/mol. The first-order chi connectivity index (χ1) is 18.2. The fourth-order valence-corrected chi connectivity index (χ4v) is 3.80. The zero-order valence-corrected chi connectivity index (χ0v) is 20.3. The number of fused-ring (bicyclic) bond motifs is 1. The zero-order chi connectivity index (χ0) is 27.2. The number of rotatable bonds is 7. The number of amides is 5. The molecule has 0 saturated heterocycles. The topological polar surface area (TPSA) is 143 Å². The highest BCUT2D eigenvalue weighted by Gasteiger charge is 2.26. The van der Waals surface area contributed by atoms with Crippen LogP contribution >= 0.6 is 0 Å². The van der Waals surface area contributed by atoms with E-state index in [-0.39, 0.29) is 24.6 Å². The first-order valence-corrected chi connectivity index (χ1v) is 11.5. The molecule has 3 aromatic rings. The van der Waals surface area contributed by atoms with Crippen LogP contribution in [0.4, 0.5) is 36.7 Å². The van der Waals surface area contributed by atoms with Gasteiger partial charge in [0.2, 0.25) is 5.91 Å². The fraction of sp³-hybridized carbons (Fsp3) is 0.154. The van der Waals surface area contributed by atoms with Crippen molar-refractivity contribution in [2.75, 3.05) is 35.0 Å². The summed E-state index contributed by atoms with van der Waals surface area (Å²) in [6.07, 6.45) is 0.0541. The van der Waals surface area contributed by atoms with Gasteiger partial charge in [-0.2, -0.15) is 0 Å². The fourth-order valence-electron chi connectivity index (χ4n) is 3.80. The van der Waals surface area contributed by atoms with Crippen LogP contribution in [0.2, 0.25) is 0 Å². The molecule has 0 atom stereocenters. The van der Waals surface area contributed by atoms with Gasteiger partial charge in [0.25, 0.3) is 0 Å². The molecule has 0 unspecified atom stereocenters. The number of urea groups is 2. The molecule has 0 aromatic heterocycles. The summed E-state index contributed by atoms with van der Waals surface area (Å²) in [7, 11) is 1.57. The molecular weight excluding hydrogens is 495 g/mol. The lowest BCUT2D eigenvalue weighted by Gasteiger charge is -2.23. The predicted octanol–water partition coefficient (Wildman–Crippen LogP) is 3.93. The number of anilines is 4. The number of hydrazine groups is 1. The van der Waals surface area contributed by atoms with Crippen LogP contribution in [0.25, 0.3) is 0 Å². The standard InChI is InChI=1S/C26H25FN6O5/c1-32-14-17-8-11-19(13-22(17)31-33(26(32)38)15-24(35)36)28-23(34)12-16-6-9-18(10-7-16)29-25(37)30-21-5-3-2-4-20(21)27/h2-11,13,31H,12,14-15H2,1H3,(H,28,34)(H,35,36)(H2,29,30,37). The third kappa shape index (κ3) is 6.55. The number of carboxylic acids is 1. The van der Waals surface area contributed by atoms with Crippen molar-refractivity contribution < 1.29 is 28.7 Å². The van der Waals surface area contributed by atoms with E-state index in [1.54, 1.807) is 55.6 Å². The minimum atomic E-state index is -1.17. The van der Waals surface area contributed by atoms with Gasteiger partial charge in [-0.1, -0.05) is 30.3 Å². The normalized spacial score (nSPS) is 12.6. The van der Waals surface area contributed by atoms with Crippen molar-refractivity contribution >= 4 is 46.7 Å². The monoisotopic (exact) mass is 520 g/mol. The van der Waals surface area contributed by atoms with E-state index in [4.69, 9.17) is 5.11 Å². The number of benzene rings is 3. The minimum Gasteiger partial charge on any atom is -0.480 e. The Morgan fingerprint density at radius 2 is 1.68 bits per heavy atom. The number of para-hydroxylation sites is 1. The Morgan fingerprint density at radius 1 is 0.974 bits per heavy atom. The lowest BCUT2D eigenvalue weighted by atomic mass is 10.1. The summed E-state index contributed by atoms with van der Waals surface area (Å²) < 4.78 is 13.7. The van der Waals surface area contributed by atoms with Crippen LogP contribution in [-0.4, -0.2) is 52.5 Å². The number of carboxylic acid groups (broad SMARTS) is 1. The smallest absolute Gasteiger partial charge is 0.339 e. The Labute approximate surface area is 217 Å². The van der Waals surface area contributed by atoms with Gasteiger partial charge in [-0.3, -0.25) is 15.0 Å². The van der Waals surface area contributed by atoms with Crippen molar-refractivity contribution in [3.8, 4) is 0 Å². The van der Waals surface area contributed by atoms with Gasteiger partial charge in [0.1, 0.15) is 12.4 Å². The molecule has 0 fully saturated rings. The number of carbonyl (C=O) groups is 4. The highest BCUT2D eigenvalue weighted by molar-refractivity contribution is 6.00. The third-order valence-electron chi connectivity index (χ3n) is 5.61. The van der Waals surface area contributed by atoms with Crippen LogP contribution in [0.15, 0.2) is 66.7 Å². The summed E-state index contributed by atoms with van der Waals surface area (Å²) in [5.41, 5.74) is 5.77. The molecule has 4 rings (SSSR count). The van der Waals surface area contributed by atoms with E-state index in [1.807, 2.05) is 0 Å². The molecule has 5 N–H and O–H groups in total. The van der Waals surface area contributed by atoms with Gasteiger partial charge >= 0.3 is 18.0 Å². The van der Waals surface area contributed by atoms with Gasteiger partial charge in [-0.05, 0) is 47.5 Å². The van der Waals surface area contributed by atoms with Gasteiger partial charge in [-0.15, -0.1) is 0 Å². The number of nitrogens with zero attached hydrogens (tertiary/aromatic N) is 2. The Kier molecular flexibility index (Phi) is 7.71. The number of aliphatic carboxylic acids is 1. The third-order valence-corrected chi connectivity index (χ3v) is 5.61. The molecule has 1 aliphatic heterocycles. The van der Waals surface area contributed by atoms with Crippen LogP contribution in [-0.2, 0) is 22.6 Å². The molecule has 38 heavy (non-hydrogen) atoms. The van der Waals surface area contributed by atoms with Gasteiger partial charge < -0.3 is 26.0 Å². The van der Waals surface area contributed by atoms with Crippen molar-refractivity contribution in [2.45, 2.75) is 13.0 Å². The van der Waals surface area contributed by atoms with Gasteiger partial charge in [-0.25, -0.2) is 19.0 Å². The van der Waals surface area contributed by atoms with E-state index < -0.39 is 30.4 Å². The lowest BCUT2D eigenvalue weighted by molar-refractivity contribution is -0.137. The highest BCUT2D eigenvalue weighted by atomic mass is 19.1. The first kappa shape index (κ1) is 25.9. The van der Waals surface area contributed by atoms with Gasteiger partial charge in [0, 0.05) is 25.0 Å². The first-order valence-electron chi connectivity index (χ1n) is 11.5. The Balaban J connectivity index is 1.35. The number of hydrogen-bond acceptors (Lipinski definition) is 5. The summed E-state index contributed by atoms with van der Waals surface area (Å²) in [6.45, 7) is -0.265. The van der Waals surface area contributed by atoms with E-state index in [0.29, 0.717) is 22.6 Å². The summed E-state index contributed by atoms with van der Waals surface area (Å²) in [4.78, 5) is 49.7. The summed E-state index contributed by atoms with van der Waals surface area (Å²) in [6, 6.07) is 16.4.